The van der Waals surface area contributed by atoms with Crippen molar-refractivity contribution in [3.63, 3.8) is 0 Å². The minimum Gasteiger partial charge on any atom is -0.490 e. The van der Waals surface area contributed by atoms with Crippen LogP contribution in [0.5, 0.6) is 5.75 Å². The number of hydrogen-bond donors (Lipinski definition) is 2. The van der Waals surface area contributed by atoms with Crippen molar-refractivity contribution in [3.8, 4) is 5.75 Å². The van der Waals surface area contributed by atoms with E-state index < -0.39 is 0 Å². The maximum atomic E-state index is 12.4. The highest BCUT2D eigenvalue weighted by molar-refractivity contribution is 5.91. The molecule has 2 N–H and O–H groups in total. The standard InChI is InChI=1S/C21H29N5O2.ClH/c27-21(20-15-26(25-24-20)17-10-12-22-13-11-17)23-14-16-6-8-19(9-7-16)28-18-4-2-1-3-5-18;/h6-9,15,17-18,22H,1-5,10-14H2,(H,23,27);1H. The molecule has 158 valence electrons. The van der Waals surface area contributed by atoms with Gasteiger partial charge in [-0.15, -0.1) is 17.5 Å². The number of amides is 1. The fourth-order valence-electron chi connectivity index (χ4n) is 3.96. The normalized spacial score (nSPS) is 18.1. The number of nitrogens with one attached hydrogen (secondary N) is 2. The van der Waals surface area contributed by atoms with Gasteiger partial charge >= 0.3 is 0 Å². The molecule has 1 aliphatic carbocycles. The molecule has 2 aromatic rings. The third-order valence-electron chi connectivity index (χ3n) is 5.66. The van der Waals surface area contributed by atoms with Crippen LogP contribution in [0.25, 0.3) is 0 Å². The van der Waals surface area contributed by atoms with Crippen LogP contribution in [0.4, 0.5) is 0 Å². The van der Waals surface area contributed by atoms with E-state index in [1.54, 1.807) is 6.20 Å². The zero-order chi connectivity index (χ0) is 19.2. The third-order valence-corrected chi connectivity index (χ3v) is 5.66. The topological polar surface area (TPSA) is 81.1 Å². The Morgan fingerprint density at radius 2 is 1.83 bits per heavy atom. The van der Waals surface area contributed by atoms with E-state index in [4.69, 9.17) is 4.74 Å². The molecule has 1 aromatic heterocycles. The predicted molar refractivity (Wildman–Crippen MR) is 114 cm³/mol. The van der Waals surface area contributed by atoms with E-state index in [0.717, 1.165) is 50.1 Å². The molecule has 0 radical (unpaired) electrons. The summed E-state index contributed by atoms with van der Waals surface area (Å²) < 4.78 is 7.88. The van der Waals surface area contributed by atoms with Gasteiger partial charge in [0.25, 0.3) is 5.91 Å². The van der Waals surface area contributed by atoms with Crippen molar-refractivity contribution in [1.82, 2.24) is 25.6 Å². The van der Waals surface area contributed by atoms with Crippen molar-refractivity contribution in [3.05, 3.63) is 41.7 Å². The molecule has 0 spiro atoms. The van der Waals surface area contributed by atoms with E-state index in [9.17, 15) is 4.79 Å². The minimum absolute atomic E-state index is 0. The fourth-order valence-corrected chi connectivity index (χ4v) is 3.96. The Morgan fingerprint density at radius 1 is 1.10 bits per heavy atom. The van der Waals surface area contributed by atoms with Crippen molar-refractivity contribution in [1.29, 1.82) is 0 Å². The monoisotopic (exact) mass is 419 g/mol. The number of rotatable bonds is 6. The van der Waals surface area contributed by atoms with Gasteiger partial charge in [-0.05, 0) is 69.3 Å². The van der Waals surface area contributed by atoms with Crippen LogP contribution in [0.15, 0.2) is 30.5 Å². The van der Waals surface area contributed by atoms with E-state index in [-0.39, 0.29) is 18.3 Å². The summed E-state index contributed by atoms with van der Waals surface area (Å²) in [7, 11) is 0. The number of hydrogen-bond acceptors (Lipinski definition) is 5. The molecule has 0 unspecified atom stereocenters. The predicted octanol–water partition coefficient (Wildman–Crippen LogP) is 3.27. The first-order chi connectivity index (χ1) is 13.8. The molecule has 2 aliphatic rings. The van der Waals surface area contributed by atoms with Crippen molar-refractivity contribution in [2.75, 3.05) is 13.1 Å². The summed E-state index contributed by atoms with van der Waals surface area (Å²) in [6, 6.07) is 8.31. The van der Waals surface area contributed by atoms with Gasteiger partial charge in [0, 0.05) is 6.54 Å². The van der Waals surface area contributed by atoms with Crippen molar-refractivity contribution in [2.24, 2.45) is 0 Å². The smallest absolute Gasteiger partial charge is 0.273 e. The Morgan fingerprint density at radius 3 is 2.55 bits per heavy atom. The van der Waals surface area contributed by atoms with E-state index in [1.165, 1.54) is 19.3 Å². The van der Waals surface area contributed by atoms with Crippen LogP contribution >= 0.6 is 12.4 Å². The average Bonchev–Trinajstić information content (AvgIpc) is 3.25. The number of piperidine rings is 1. The number of halogens is 1. The molecule has 1 saturated carbocycles. The van der Waals surface area contributed by atoms with E-state index in [2.05, 4.69) is 20.9 Å². The van der Waals surface area contributed by atoms with Gasteiger partial charge < -0.3 is 15.4 Å². The van der Waals surface area contributed by atoms with Gasteiger partial charge in [-0.1, -0.05) is 23.8 Å². The molecule has 1 saturated heterocycles. The Hall–Kier alpha value is -2.12. The van der Waals surface area contributed by atoms with Crippen LogP contribution in [-0.2, 0) is 6.54 Å². The quantitative estimate of drug-likeness (QED) is 0.751. The molecule has 0 bridgehead atoms. The Balaban J connectivity index is 0.00000240. The molecule has 7 nitrogen and oxygen atoms in total. The first kappa shape index (κ1) is 21.6. The zero-order valence-corrected chi connectivity index (χ0v) is 17.5. The van der Waals surface area contributed by atoms with Crippen LogP contribution in [-0.4, -0.2) is 40.1 Å². The first-order valence-electron chi connectivity index (χ1n) is 10.4. The highest BCUT2D eigenvalue weighted by Gasteiger charge is 2.19. The van der Waals surface area contributed by atoms with Crippen LogP contribution in [0.3, 0.4) is 0 Å². The number of ether oxygens (including phenoxy) is 1. The lowest BCUT2D eigenvalue weighted by molar-refractivity contribution is 0.0946. The third kappa shape index (κ3) is 5.93. The number of nitrogens with zero attached hydrogens (tertiary/aromatic N) is 3. The fraction of sp³-hybridized carbons (Fsp3) is 0.571. The van der Waals surface area contributed by atoms with Crippen molar-refractivity contribution in [2.45, 2.75) is 63.6 Å². The van der Waals surface area contributed by atoms with Crippen molar-refractivity contribution >= 4 is 18.3 Å². The summed E-state index contributed by atoms with van der Waals surface area (Å²) in [6.07, 6.45) is 10.3. The lowest BCUT2D eigenvalue weighted by Gasteiger charge is -2.23. The number of carbonyl (C=O) groups is 1. The number of carbonyl (C=O) groups excluding carboxylic acids is 1. The van der Waals surface area contributed by atoms with Crippen LogP contribution in [0, 0.1) is 0 Å². The molecule has 4 rings (SSSR count). The van der Waals surface area contributed by atoms with E-state index in [0.29, 0.717) is 24.4 Å². The zero-order valence-electron chi connectivity index (χ0n) is 16.7. The average molecular weight is 420 g/mol. The maximum Gasteiger partial charge on any atom is 0.273 e. The summed E-state index contributed by atoms with van der Waals surface area (Å²) in [5.74, 6) is 0.717. The molecule has 1 aromatic carbocycles. The summed E-state index contributed by atoms with van der Waals surface area (Å²) in [5, 5.41) is 14.4. The summed E-state index contributed by atoms with van der Waals surface area (Å²) in [6.45, 7) is 2.42. The summed E-state index contributed by atoms with van der Waals surface area (Å²) >= 11 is 0. The Labute approximate surface area is 178 Å². The molecule has 0 atom stereocenters. The van der Waals surface area contributed by atoms with Crippen LogP contribution in [0.1, 0.15) is 67.0 Å². The van der Waals surface area contributed by atoms with Crippen LogP contribution in [0.2, 0.25) is 0 Å². The largest absolute Gasteiger partial charge is 0.490 e. The first-order valence-corrected chi connectivity index (χ1v) is 10.4. The van der Waals surface area contributed by atoms with Gasteiger partial charge in [0.2, 0.25) is 0 Å². The second kappa shape index (κ2) is 10.6. The lowest BCUT2D eigenvalue weighted by atomic mass is 9.98. The molecule has 1 aliphatic heterocycles. The summed E-state index contributed by atoms with van der Waals surface area (Å²) in [5.41, 5.74) is 1.41. The second-order valence-corrected chi connectivity index (χ2v) is 7.77. The summed E-state index contributed by atoms with van der Waals surface area (Å²) in [4.78, 5) is 12.4. The molecule has 1 amide bonds. The number of benzene rings is 1. The molecular weight excluding hydrogens is 390 g/mol. The Kier molecular flexibility index (Phi) is 7.89. The van der Waals surface area contributed by atoms with E-state index in [1.807, 2.05) is 28.9 Å². The van der Waals surface area contributed by atoms with Gasteiger partial charge in [0.15, 0.2) is 5.69 Å². The molecule has 8 heteroatoms. The van der Waals surface area contributed by atoms with Crippen molar-refractivity contribution < 1.29 is 9.53 Å². The molecule has 29 heavy (non-hydrogen) atoms. The van der Waals surface area contributed by atoms with Gasteiger partial charge in [0.05, 0.1) is 18.3 Å². The van der Waals surface area contributed by atoms with Crippen LogP contribution < -0.4 is 15.4 Å². The minimum atomic E-state index is -0.192. The maximum absolute atomic E-state index is 12.4. The van der Waals surface area contributed by atoms with Gasteiger partial charge in [-0.3, -0.25) is 4.79 Å². The van der Waals surface area contributed by atoms with Gasteiger partial charge in [-0.2, -0.15) is 0 Å². The Bertz CT molecular complexity index is 768. The van der Waals surface area contributed by atoms with Gasteiger partial charge in [0.1, 0.15) is 5.75 Å². The molecule has 2 fully saturated rings. The highest BCUT2D eigenvalue weighted by atomic mass is 35.5. The number of aromatic nitrogens is 3. The highest BCUT2D eigenvalue weighted by Crippen LogP contribution is 2.23. The van der Waals surface area contributed by atoms with Gasteiger partial charge in [-0.25, -0.2) is 4.68 Å². The van der Waals surface area contributed by atoms with E-state index >= 15 is 0 Å². The molecule has 2 heterocycles. The molecular formula is C21H30ClN5O2. The second-order valence-electron chi connectivity index (χ2n) is 7.77. The lowest BCUT2D eigenvalue weighted by Crippen LogP contribution is -2.29. The SMILES string of the molecule is Cl.O=C(NCc1ccc(OC2CCCCC2)cc1)c1cn(C2CCNCC2)nn1.